The highest BCUT2D eigenvalue weighted by molar-refractivity contribution is 5.14. The highest BCUT2D eigenvalue weighted by Crippen LogP contribution is 2.11. The SMILES string of the molecule is CCCC(NC)C(CC)OCCc1ccccc1. The number of likely N-dealkylation sites (N-methyl/N-ethyl adjacent to an activating group) is 1. The highest BCUT2D eigenvalue weighted by Gasteiger charge is 2.17. The van der Waals surface area contributed by atoms with Crippen LogP contribution in [0.2, 0.25) is 0 Å². The maximum atomic E-state index is 6.04. The molecule has 102 valence electrons. The van der Waals surface area contributed by atoms with Crippen LogP contribution in [-0.4, -0.2) is 25.8 Å². The molecule has 0 aliphatic heterocycles. The van der Waals surface area contributed by atoms with Gasteiger partial charge in [-0.15, -0.1) is 0 Å². The van der Waals surface area contributed by atoms with Crippen LogP contribution in [0.25, 0.3) is 0 Å². The molecule has 0 saturated heterocycles. The Kier molecular flexibility index (Phi) is 7.70. The number of benzene rings is 1. The topological polar surface area (TPSA) is 21.3 Å². The van der Waals surface area contributed by atoms with Gasteiger partial charge in [0.2, 0.25) is 0 Å². The zero-order valence-electron chi connectivity index (χ0n) is 12.0. The van der Waals surface area contributed by atoms with E-state index in [-0.39, 0.29) is 0 Å². The summed E-state index contributed by atoms with van der Waals surface area (Å²) in [5.41, 5.74) is 1.35. The Balaban J connectivity index is 2.35. The van der Waals surface area contributed by atoms with Crippen LogP contribution in [0.3, 0.4) is 0 Å². The molecule has 2 nitrogen and oxygen atoms in total. The third-order valence-corrected chi connectivity index (χ3v) is 3.39. The standard InChI is InChI=1S/C16H27NO/c1-4-9-15(17-3)16(5-2)18-13-12-14-10-7-6-8-11-14/h6-8,10-11,15-17H,4-5,9,12-13H2,1-3H3. The number of nitrogens with one attached hydrogen (secondary N) is 1. The number of ether oxygens (including phenoxy) is 1. The minimum Gasteiger partial charge on any atom is -0.376 e. The van der Waals surface area contributed by atoms with Gasteiger partial charge in [-0.1, -0.05) is 50.6 Å². The summed E-state index contributed by atoms with van der Waals surface area (Å²) in [5, 5.41) is 3.38. The summed E-state index contributed by atoms with van der Waals surface area (Å²) in [6.07, 6.45) is 4.78. The van der Waals surface area contributed by atoms with E-state index in [2.05, 4.69) is 49.5 Å². The molecular weight excluding hydrogens is 222 g/mol. The van der Waals surface area contributed by atoms with Crippen molar-refractivity contribution in [3.05, 3.63) is 35.9 Å². The second kappa shape index (κ2) is 9.12. The Hall–Kier alpha value is -0.860. The van der Waals surface area contributed by atoms with E-state index < -0.39 is 0 Å². The average Bonchev–Trinajstić information content (AvgIpc) is 2.43. The molecule has 2 heteroatoms. The van der Waals surface area contributed by atoms with Crippen molar-refractivity contribution in [3.8, 4) is 0 Å². The van der Waals surface area contributed by atoms with Crippen LogP contribution >= 0.6 is 0 Å². The van der Waals surface area contributed by atoms with Gasteiger partial charge < -0.3 is 10.1 Å². The maximum Gasteiger partial charge on any atom is 0.0725 e. The molecule has 1 rings (SSSR count). The van der Waals surface area contributed by atoms with Crippen LogP contribution in [0, 0.1) is 0 Å². The van der Waals surface area contributed by atoms with Crippen molar-refractivity contribution in [2.75, 3.05) is 13.7 Å². The van der Waals surface area contributed by atoms with E-state index in [1.165, 1.54) is 18.4 Å². The third kappa shape index (κ3) is 5.19. The molecule has 0 fully saturated rings. The summed E-state index contributed by atoms with van der Waals surface area (Å²) in [4.78, 5) is 0. The van der Waals surface area contributed by atoms with Gasteiger partial charge in [0.05, 0.1) is 12.7 Å². The van der Waals surface area contributed by atoms with E-state index >= 15 is 0 Å². The zero-order chi connectivity index (χ0) is 13.2. The Labute approximate surface area is 112 Å². The second-order valence-corrected chi connectivity index (χ2v) is 4.74. The molecule has 0 bridgehead atoms. The van der Waals surface area contributed by atoms with E-state index in [9.17, 15) is 0 Å². The molecule has 1 aromatic rings. The smallest absolute Gasteiger partial charge is 0.0725 e. The Bertz CT molecular complexity index is 299. The first-order valence-corrected chi connectivity index (χ1v) is 7.14. The quantitative estimate of drug-likeness (QED) is 0.724. The molecule has 0 heterocycles. The van der Waals surface area contributed by atoms with Crippen molar-refractivity contribution in [1.29, 1.82) is 0 Å². The fourth-order valence-electron chi connectivity index (χ4n) is 2.32. The van der Waals surface area contributed by atoms with Gasteiger partial charge >= 0.3 is 0 Å². The number of rotatable bonds is 9. The molecule has 0 aliphatic rings. The van der Waals surface area contributed by atoms with Gasteiger partial charge in [0.25, 0.3) is 0 Å². The normalized spacial score (nSPS) is 14.4. The van der Waals surface area contributed by atoms with Gasteiger partial charge in [-0.05, 0) is 31.9 Å². The highest BCUT2D eigenvalue weighted by atomic mass is 16.5. The van der Waals surface area contributed by atoms with Crippen molar-refractivity contribution in [1.82, 2.24) is 5.32 Å². The largest absolute Gasteiger partial charge is 0.376 e. The Morgan fingerprint density at radius 3 is 2.44 bits per heavy atom. The Morgan fingerprint density at radius 2 is 1.89 bits per heavy atom. The van der Waals surface area contributed by atoms with E-state index in [0.717, 1.165) is 19.4 Å². The van der Waals surface area contributed by atoms with Crippen LogP contribution < -0.4 is 5.32 Å². The lowest BCUT2D eigenvalue weighted by molar-refractivity contribution is 0.0251. The van der Waals surface area contributed by atoms with Gasteiger partial charge in [0, 0.05) is 6.04 Å². The van der Waals surface area contributed by atoms with Gasteiger partial charge in [0.1, 0.15) is 0 Å². The summed E-state index contributed by atoms with van der Waals surface area (Å²) < 4.78 is 6.04. The van der Waals surface area contributed by atoms with Gasteiger partial charge in [-0.25, -0.2) is 0 Å². The molecule has 0 aromatic heterocycles. The molecule has 2 unspecified atom stereocenters. The fourth-order valence-corrected chi connectivity index (χ4v) is 2.32. The third-order valence-electron chi connectivity index (χ3n) is 3.39. The summed E-state index contributed by atoms with van der Waals surface area (Å²) in [6.45, 7) is 5.23. The first-order valence-electron chi connectivity index (χ1n) is 7.14. The first kappa shape index (κ1) is 15.2. The summed E-state index contributed by atoms with van der Waals surface area (Å²) in [7, 11) is 2.03. The summed E-state index contributed by atoms with van der Waals surface area (Å²) in [5.74, 6) is 0. The molecule has 0 radical (unpaired) electrons. The lowest BCUT2D eigenvalue weighted by Crippen LogP contribution is -2.39. The first-order chi connectivity index (χ1) is 8.81. The van der Waals surface area contributed by atoms with Crippen LogP contribution in [0.1, 0.15) is 38.7 Å². The predicted molar refractivity (Wildman–Crippen MR) is 77.9 cm³/mol. The molecule has 0 amide bonds. The van der Waals surface area contributed by atoms with Crippen molar-refractivity contribution in [2.24, 2.45) is 0 Å². The van der Waals surface area contributed by atoms with Crippen molar-refractivity contribution in [2.45, 2.75) is 51.7 Å². The van der Waals surface area contributed by atoms with Crippen LogP contribution in [-0.2, 0) is 11.2 Å². The molecule has 0 saturated carbocycles. The summed E-state index contributed by atoms with van der Waals surface area (Å²) in [6, 6.07) is 11.0. The van der Waals surface area contributed by atoms with Crippen LogP contribution in [0.4, 0.5) is 0 Å². The predicted octanol–water partition coefficient (Wildman–Crippen LogP) is 3.41. The van der Waals surface area contributed by atoms with E-state index in [4.69, 9.17) is 4.74 Å². The van der Waals surface area contributed by atoms with Gasteiger partial charge in [-0.2, -0.15) is 0 Å². The van der Waals surface area contributed by atoms with Crippen molar-refractivity contribution < 1.29 is 4.74 Å². The molecule has 0 spiro atoms. The van der Waals surface area contributed by atoms with E-state index in [1.54, 1.807) is 0 Å². The monoisotopic (exact) mass is 249 g/mol. The average molecular weight is 249 g/mol. The second-order valence-electron chi connectivity index (χ2n) is 4.74. The zero-order valence-corrected chi connectivity index (χ0v) is 12.0. The maximum absolute atomic E-state index is 6.04. The molecular formula is C16H27NO. The minimum atomic E-state index is 0.332. The van der Waals surface area contributed by atoms with Crippen molar-refractivity contribution in [3.63, 3.8) is 0 Å². The molecule has 18 heavy (non-hydrogen) atoms. The lowest BCUT2D eigenvalue weighted by Gasteiger charge is -2.26. The minimum absolute atomic E-state index is 0.332. The molecule has 2 atom stereocenters. The van der Waals surface area contributed by atoms with E-state index in [1.807, 2.05) is 7.05 Å². The number of hydrogen-bond donors (Lipinski definition) is 1. The Morgan fingerprint density at radius 1 is 1.17 bits per heavy atom. The number of hydrogen-bond acceptors (Lipinski definition) is 2. The van der Waals surface area contributed by atoms with Crippen LogP contribution in [0.15, 0.2) is 30.3 Å². The summed E-state index contributed by atoms with van der Waals surface area (Å²) >= 11 is 0. The fraction of sp³-hybridized carbons (Fsp3) is 0.625. The molecule has 0 aliphatic carbocycles. The lowest BCUT2D eigenvalue weighted by atomic mass is 10.0. The van der Waals surface area contributed by atoms with Gasteiger partial charge in [-0.3, -0.25) is 0 Å². The van der Waals surface area contributed by atoms with Crippen molar-refractivity contribution >= 4 is 0 Å². The van der Waals surface area contributed by atoms with E-state index in [0.29, 0.717) is 12.1 Å². The van der Waals surface area contributed by atoms with Crippen LogP contribution in [0.5, 0.6) is 0 Å². The van der Waals surface area contributed by atoms with Gasteiger partial charge in [0.15, 0.2) is 0 Å². The molecule has 1 N–H and O–H groups in total. The molecule has 1 aromatic carbocycles.